The Bertz CT molecular complexity index is 1260. The van der Waals surface area contributed by atoms with Crippen molar-refractivity contribution in [2.75, 3.05) is 29.5 Å². The van der Waals surface area contributed by atoms with Crippen molar-refractivity contribution in [2.45, 2.75) is 25.9 Å². The predicted octanol–water partition coefficient (Wildman–Crippen LogP) is 5.00. The summed E-state index contributed by atoms with van der Waals surface area (Å²) in [5, 5.41) is 7.07. The normalized spacial score (nSPS) is 24.2. The van der Waals surface area contributed by atoms with Crippen molar-refractivity contribution in [1.29, 1.82) is 0 Å². The van der Waals surface area contributed by atoms with E-state index in [9.17, 15) is 4.79 Å². The van der Waals surface area contributed by atoms with Gasteiger partial charge in [0.25, 0.3) is 5.91 Å². The maximum Gasteiger partial charge on any atom is 0.261 e. The van der Waals surface area contributed by atoms with Crippen LogP contribution in [0.1, 0.15) is 18.1 Å². The van der Waals surface area contributed by atoms with Crippen LogP contribution in [0, 0.1) is 5.41 Å². The quantitative estimate of drug-likeness (QED) is 0.541. The van der Waals surface area contributed by atoms with E-state index in [1.807, 2.05) is 31.2 Å². The number of fused-ring (bicyclic) bond motifs is 4. The third-order valence-corrected chi connectivity index (χ3v) is 7.85. The Morgan fingerprint density at radius 3 is 2.50 bits per heavy atom. The largest absolute Gasteiger partial charge is 0.364 e. The zero-order valence-corrected chi connectivity index (χ0v) is 19.9. The van der Waals surface area contributed by atoms with E-state index < -0.39 is 5.41 Å². The lowest BCUT2D eigenvalue weighted by Crippen LogP contribution is -2.66. The molecule has 3 aromatic rings. The number of carbonyl (C=O) groups is 1. The van der Waals surface area contributed by atoms with E-state index in [4.69, 9.17) is 16.7 Å². The van der Waals surface area contributed by atoms with E-state index >= 15 is 0 Å². The van der Waals surface area contributed by atoms with E-state index in [-0.39, 0.29) is 11.9 Å². The van der Waals surface area contributed by atoms with Crippen molar-refractivity contribution in [3.8, 4) is 0 Å². The van der Waals surface area contributed by atoms with Gasteiger partial charge in [0.2, 0.25) is 0 Å². The molecular formula is C28H27ClN4O. The summed E-state index contributed by atoms with van der Waals surface area (Å²) in [7, 11) is 0. The number of nitrogens with zero attached hydrogens (tertiary/aromatic N) is 4. The Labute approximate surface area is 205 Å². The summed E-state index contributed by atoms with van der Waals surface area (Å²) in [5.41, 5.74) is 4.72. The molecule has 6 heteroatoms. The molecule has 0 radical (unpaired) electrons. The summed E-state index contributed by atoms with van der Waals surface area (Å²) in [6.45, 7) is 5.57. The van der Waals surface area contributed by atoms with E-state index in [2.05, 4.69) is 64.4 Å². The fraction of sp³-hybridized carbons (Fsp3) is 0.286. The molecule has 0 saturated carbocycles. The zero-order chi connectivity index (χ0) is 23.3. The van der Waals surface area contributed by atoms with Gasteiger partial charge in [-0.25, -0.2) is 0 Å². The molecule has 1 amide bonds. The van der Waals surface area contributed by atoms with Crippen LogP contribution in [0.5, 0.6) is 0 Å². The minimum Gasteiger partial charge on any atom is -0.364 e. The van der Waals surface area contributed by atoms with Gasteiger partial charge in [0.05, 0.1) is 17.4 Å². The highest BCUT2D eigenvalue weighted by Crippen LogP contribution is 2.48. The van der Waals surface area contributed by atoms with Gasteiger partial charge in [0, 0.05) is 36.9 Å². The highest BCUT2D eigenvalue weighted by Gasteiger charge is 2.59. The second-order valence-corrected chi connectivity index (χ2v) is 9.92. The number of anilines is 2. The standard InChI is InChI=1S/C28H27ClN4O/c1-20-28(27(34)33(30-20)24-13-11-23(29)12-14-24)17-22-9-5-6-10-25(22)32-16-15-31(19-26(28)32)18-21-7-3-2-4-8-21/h2-14,26H,15-19H2,1H3/t26-,28-/m0/s1. The number of carbonyl (C=O) groups excluding carboxylic acids is 1. The fourth-order valence-electron chi connectivity index (χ4n) is 5.87. The van der Waals surface area contributed by atoms with Crippen molar-refractivity contribution in [3.63, 3.8) is 0 Å². The molecule has 0 bridgehead atoms. The van der Waals surface area contributed by atoms with Crippen LogP contribution in [0.2, 0.25) is 5.02 Å². The molecule has 3 aliphatic heterocycles. The maximum atomic E-state index is 14.2. The summed E-state index contributed by atoms with van der Waals surface area (Å²) in [6.07, 6.45) is 0.668. The average Bonchev–Trinajstić information content (AvgIpc) is 3.11. The van der Waals surface area contributed by atoms with Gasteiger partial charge in [-0.1, -0.05) is 60.1 Å². The van der Waals surface area contributed by atoms with Crippen LogP contribution in [-0.2, 0) is 17.8 Å². The number of benzene rings is 3. The topological polar surface area (TPSA) is 39.2 Å². The molecule has 1 spiro atoms. The monoisotopic (exact) mass is 470 g/mol. The molecule has 5 nitrogen and oxygen atoms in total. The van der Waals surface area contributed by atoms with Crippen LogP contribution in [0.3, 0.4) is 0 Å². The molecule has 1 saturated heterocycles. The molecule has 172 valence electrons. The van der Waals surface area contributed by atoms with Gasteiger partial charge in [-0.15, -0.1) is 0 Å². The minimum atomic E-state index is -0.691. The summed E-state index contributed by atoms with van der Waals surface area (Å²) in [4.78, 5) is 19.2. The number of para-hydroxylation sites is 1. The van der Waals surface area contributed by atoms with E-state index in [1.54, 1.807) is 5.01 Å². The third-order valence-electron chi connectivity index (χ3n) is 7.59. The molecule has 1 fully saturated rings. The summed E-state index contributed by atoms with van der Waals surface area (Å²) >= 11 is 6.10. The first-order valence-corrected chi connectivity index (χ1v) is 12.2. The molecule has 0 aromatic heterocycles. The van der Waals surface area contributed by atoms with Gasteiger partial charge in [-0.2, -0.15) is 10.1 Å². The number of hydrazone groups is 1. The Kier molecular flexibility index (Phi) is 5.19. The number of amides is 1. The first-order chi connectivity index (χ1) is 16.6. The molecule has 0 N–H and O–H groups in total. The Morgan fingerprint density at radius 2 is 1.71 bits per heavy atom. The van der Waals surface area contributed by atoms with Gasteiger partial charge in [0.1, 0.15) is 5.41 Å². The van der Waals surface area contributed by atoms with E-state index in [0.29, 0.717) is 11.4 Å². The van der Waals surface area contributed by atoms with Gasteiger partial charge < -0.3 is 4.90 Å². The van der Waals surface area contributed by atoms with Gasteiger partial charge in [-0.05, 0) is 54.8 Å². The summed E-state index contributed by atoms with van der Waals surface area (Å²) < 4.78 is 0. The second-order valence-electron chi connectivity index (χ2n) is 9.49. The molecule has 3 heterocycles. The Hall–Kier alpha value is -3.15. The molecular weight excluding hydrogens is 444 g/mol. The maximum absolute atomic E-state index is 14.2. The lowest BCUT2D eigenvalue weighted by molar-refractivity contribution is -0.125. The second kappa shape index (κ2) is 8.26. The first kappa shape index (κ1) is 21.4. The van der Waals surface area contributed by atoms with Crippen LogP contribution in [-0.4, -0.2) is 42.2 Å². The SMILES string of the molecule is CC1=NN(c2ccc(Cl)cc2)C(=O)[C@@]12Cc1ccccc1N1CCN(Cc3ccccc3)C[C@H]12. The van der Waals surface area contributed by atoms with Crippen LogP contribution < -0.4 is 9.91 Å². The molecule has 3 aromatic carbocycles. The van der Waals surface area contributed by atoms with Crippen molar-refractivity contribution < 1.29 is 4.79 Å². The highest BCUT2D eigenvalue weighted by atomic mass is 35.5. The van der Waals surface area contributed by atoms with Crippen LogP contribution in [0.4, 0.5) is 11.4 Å². The molecule has 3 aliphatic rings. The molecule has 2 atom stereocenters. The fourth-order valence-corrected chi connectivity index (χ4v) is 5.99. The number of piperazine rings is 1. The molecule has 34 heavy (non-hydrogen) atoms. The van der Waals surface area contributed by atoms with Crippen LogP contribution in [0.25, 0.3) is 0 Å². The third kappa shape index (κ3) is 3.34. The Morgan fingerprint density at radius 1 is 0.971 bits per heavy atom. The number of hydrogen-bond acceptors (Lipinski definition) is 4. The predicted molar refractivity (Wildman–Crippen MR) is 137 cm³/mol. The average molecular weight is 471 g/mol. The van der Waals surface area contributed by atoms with Crippen LogP contribution >= 0.6 is 11.6 Å². The van der Waals surface area contributed by atoms with Gasteiger partial charge >= 0.3 is 0 Å². The molecule has 6 rings (SSSR count). The first-order valence-electron chi connectivity index (χ1n) is 11.8. The lowest BCUT2D eigenvalue weighted by atomic mass is 9.67. The zero-order valence-electron chi connectivity index (χ0n) is 19.2. The smallest absolute Gasteiger partial charge is 0.261 e. The van der Waals surface area contributed by atoms with Gasteiger partial charge in [-0.3, -0.25) is 9.69 Å². The van der Waals surface area contributed by atoms with Crippen molar-refractivity contribution in [3.05, 3.63) is 95.0 Å². The lowest BCUT2D eigenvalue weighted by Gasteiger charge is -2.53. The van der Waals surface area contributed by atoms with E-state index in [1.165, 1.54) is 16.8 Å². The molecule has 0 unspecified atom stereocenters. The summed E-state index contributed by atoms with van der Waals surface area (Å²) in [6, 6.07) is 26.5. The number of halogens is 1. The Balaban J connectivity index is 1.39. The van der Waals surface area contributed by atoms with Gasteiger partial charge in [0.15, 0.2) is 0 Å². The van der Waals surface area contributed by atoms with Crippen molar-refractivity contribution in [2.24, 2.45) is 10.5 Å². The minimum absolute atomic E-state index is 0.0217. The number of hydrogen-bond donors (Lipinski definition) is 0. The molecule has 0 aliphatic carbocycles. The number of rotatable bonds is 3. The van der Waals surface area contributed by atoms with Crippen LogP contribution in [0.15, 0.2) is 84.0 Å². The van der Waals surface area contributed by atoms with Crippen molar-refractivity contribution >= 4 is 34.6 Å². The van der Waals surface area contributed by atoms with E-state index in [0.717, 1.165) is 37.6 Å². The van der Waals surface area contributed by atoms with Crippen molar-refractivity contribution in [1.82, 2.24) is 4.90 Å². The summed E-state index contributed by atoms with van der Waals surface area (Å²) in [5.74, 6) is 0.0541. The highest BCUT2D eigenvalue weighted by molar-refractivity contribution is 6.30.